The van der Waals surface area contributed by atoms with Crippen LogP contribution in [0.4, 0.5) is 0 Å². The van der Waals surface area contributed by atoms with Crippen LogP contribution in [0.5, 0.6) is 0 Å². The van der Waals surface area contributed by atoms with Gasteiger partial charge in [-0.05, 0) is 25.1 Å². The molecule has 0 radical (unpaired) electrons. The summed E-state index contributed by atoms with van der Waals surface area (Å²) in [6, 6.07) is 5.59. The van der Waals surface area contributed by atoms with Crippen molar-refractivity contribution in [3.63, 3.8) is 0 Å². The van der Waals surface area contributed by atoms with Crippen LogP contribution >= 0.6 is 15.9 Å². The summed E-state index contributed by atoms with van der Waals surface area (Å²) in [5, 5.41) is 4.49. The molecule has 2 rings (SSSR count). The van der Waals surface area contributed by atoms with Gasteiger partial charge in [-0.25, -0.2) is 9.67 Å². The Morgan fingerprint density at radius 2 is 2.05 bits per heavy atom. The second-order valence-electron chi connectivity index (χ2n) is 4.28. The Morgan fingerprint density at radius 1 is 1.32 bits per heavy atom. The van der Waals surface area contributed by atoms with Crippen molar-refractivity contribution in [3.8, 4) is 5.69 Å². The van der Waals surface area contributed by atoms with Crippen LogP contribution in [0.25, 0.3) is 5.69 Å². The molecule has 0 N–H and O–H groups in total. The van der Waals surface area contributed by atoms with Gasteiger partial charge in [0, 0.05) is 22.9 Å². The summed E-state index contributed by atoms with van der Waals surface area (Å²) in [5.41, 5.74) is 1.44. The molecule has 1 heterocycles. The number of carbonyl (C=O) groups excluding carboxylic acids is 1. The zero-order valence-corrected chi connectivity index (χ0v) is 12.9. The van der Waals surface area contributed by atoms with Gasteiger partial charge in [-0.2, -0.15) is 5.10 Å². The molecule has 4 nitrogen and oxygen atoms in total. The fourth-order valence-corrected chi connectivity index (χ4v) is 2.29. The molecular formula is C14H16BrN3O. The highest BCUT2D eigenvalue weighted by Gasteiger charge is 2.15. The number of aromatic nitrogens is 3. The number of hydrogen-bond acceptors (Lipinski definition) is 3. The average molecular weight is 322 g/mol. The van der Waals surface area contributed by atoms with Gasteiger partial charge in [-0.3, -0.25) is 4.79 Å². The van der Waals surface area contributed by atoms with Gasteiger partial charge in [0.2, 0.25) is 0 Å². The number of carbonyl (C=O) groups is 1. The van der Waals surface area contributed by atoms with E-state index in [0.717, 1.165) is 34.7 Å². The predicted molar refractivity (Wildman–Crippen MR) is 77.8 cm³/mol. The van der Waals surface area contributed by atoms with E-state index < -0.39 is 0 Å². The maximum atomic E-state index is 11.7. The van der Waals surface area contributed by atoms with E-state index in [1.165, 1.54) is 0 Å². The van der Waals surface area contributed by atoms with E-state index in [1.54, 1.807) is 11.6 Å². The lowest BCUT2D eigenvalue weighted by Crippen LogP contribution is -2.08. The quantitative estimate of drug-likeness (QED) is 0.811. The molecule has 0 spiro atoms. The van der Waals surface area contributed by atoms with E-state index in [1.807, 2.05) is 32.0 Å². The van der Waals surface area contributed by atoms with Crippen molar-refractivity contribution in [2.24, 2.45) is 0 Å². The van der Waals surface area contributed by atoms with Crippen LogP contribution in [0, 0.1) is 0 Å². The van der Waals surface area contributed by atoms with Crippen LogP contribution in [0.15, 0.2) is 22.7 Å². The van der Waals surface area contributed by atoms with Crippen molar-refractivity contribution in [1.29, 1.82) is 0 Å². The summed E-state index contributed by atoms with van der Waals surface area (Å²) in [6.07, 6.45) is 1.56. The minimum absolute atomic E-state index is 0.0260. The highest BCUT2D eigenvalue weighted by molar-refractivity contribution is 9.10. The lowest BCUT2D eigenvalue weighted by Gasteiger charge is -2.09. The predicted octanol–water partition coefficient (Wildman–Crippen LogP) is 3.36. The fraction of sp³-hybridized carbons (Fsp3) is 0.357. The summed E-state index contributed by atoms with van der Waals surface area (Å²) in [4.78, 5) is 16.2. The molecule has 100 valence electrons. The number of Topliss-reactive ketones (excluding diaryl/α,β-unsaturated/α-hetero) is 1. The Bertz CT molecular complexity index is 619. The van der Waals surface area contributed by atoms with Crippen molar-refractivity contribution in [2.45, 2.75) is 33.6 Å². The fourth-order valence-electron chi connectivity index (χ4n) is 1.94. The zero-order valence-electron chi connectivity index (χ0n) is 11.3. The van der Waals surface area contributed by atoms with E-state index in [9.17, 15) is 4.79 Å². The molecule has 2 aromatic rings. The number of aryl methyl sites for hydroxylation is 2. The largest absolute Gasteiger partial charge is 0.294 e. The molecule has 0 aliphatic heterocycles. The van der Waals surface area contributed by atoms with Crippen LogP contribution in [-0.2, 0) is 12.8 Å². The van der Waals surface area contributed by atoms with Gasteiger partial charge in [0.15, 0.2) is 11.6 Å². The van der Waals surface area contributed by atoms with Gasteiger partial charge in [0.25, 0.3) is 0 Å². The van der Waals surface area contributed by atoms with E-state index in [4.69, 9.17) is 0 Å². The Labute approximate surface area is 121 Å². The molecule has 1 aromatic heterocycles. The lowest BCUT2D eigenvalue weighted by atomic mass is 10.1. The van der Waals surface area contributed by atoms with Crippen molar-refractivity contribution in [3.05, 3.63) is 39.9 Å². The minimum Gasteiger partial charge on any atom is -0.294 e. The monoisotopic (exact) mass is 321 g/mol. The number of ketones is 1. The second kappa shape index (κ2) is 5.65. The van der Waals surface area contributed by atoms with Gasteiger partial charge < -0.3 is 0 Å². The topological polar surface area (TPSA) is 47.8 Å². The summed E-state index contributed by atoms with van der Waals surface area (Å²) in [6.45, 7) is 5.62. The Hall–Kier alpha value is -1.49. The van der Waals surface area contributed by atoms with Gasteiger partial charge in [0.1, 0.15) is 5.82 Å². The molecule has 5 heteroatoms. The van der Waals surface area contributed by atoms with Crippen molar-refractivity contribution >= 4 is 21.7 Å². The van der Waals surface area contributed by atoms with Gasteiger partial charge in [0.05, 0.1) is 5.69 Å². The third kappa shape index (κ3) is 2.76. The lowest BCUT2D eigenvalue weighted by molar-refractivity contribution is 0.101. The molecule has 19 heavy (non-hydrogen) atoms. The molecule has 0 atom stereocenters. The first-order chi connectivity index (χ1) is 9.06. The first-order valence-corrected chi connectivity index (χ1v) is 7.11. The smallest absolute Gasteiger partial charge is 0.161 e. The van der Waals surface area contributed by atoms with E-state index >= 15 is 0 Å². The molecule has 0 saturated carbocycles. The minimum atomic E-state index is 0.0260. The van der Waals surface area contributed by atoms with Crippen molar-refractivity contribution < 1.29 is 4.79 Å². The SMILES string of the molecule is CCc1nc(CC)n(-c2cc(Br)ccc2C(C)=O)n1. The Morgan fingerprint density at radius 3 is 2.63 bits per heavy atom. The zero-order chi connectivity index (χ0) is 14.0. The third-order valence-electron chi connectivity index (χ3n) is 2.92. The highest BCUT2D eigenvalue weighted by atomic mass is 79.9. The van der Waals surface area contributed by atoms with Crippen LogP contribution in [0.1, 0.15) is 42.8 Å². The number of halogens is 1. The highest BCUT2D eigenvalue weighted by Crippen LogP contribution is 2.22. The van der Waals surface area contributed by atoms with Gasteiger partial charge in [-0.15, -0.1) is 0 Å². The molecule has 0 saturated heterocycles. The molecule has 0 unspecified atom stereocenters. The molecular weight excluding hydrogens is 306 g/mol. The summed E-state index contributed by atoms with van der Waals surface area (Å²) < 4.78 is 2.70. The first kappa shape index (κ1) is 13.9. The average Bonchev–Trinajstić information content (AvgIpc) is 2.81. The molecule has 0 aliphatic carbocycles. The summed E-state index contributed by atoms with van der Waals surface area (Å²) in [5.74, 6) is 1.70. The number of benzene rings is 1. The first-order valence-electron chi connectivity index (χ1n) is 6.32. The van der Waals surface area contributed by atoms with Gasteiger partial charge in [-0.1, -0.05) is 29.8 Å². The molecule has 0 aliphatic rings. The molecule has 0 bridgehead atoms. The van der Waals surface area contributed by atoms with Crippen molar-refractivity contribution in [2.75, 3.05) is 0 Å². The summed E-state index contributed by atoms with van der Waals surface area (Å²) >= 11 is 3.44. The van der Waals surface area contributed by atoms with Crippen LogP contribution in [0.2, 0.25) is 0 Å². The maximum Gasteiger partial charge on any atom is 0.161 e. The number of hydrogen-bond donors (Lipinski definition) is 0. The maximum absolute atomic E-state index is 11.7. The van der Waals surface area contributed by atoms with Crippen LogP contribution < -0.4 is 0 Å². The van der Waals surface area contributed by atoms with E-state index in [-0.39, 0.29) is 5.78 Å². The van der Waals surface area contributed by atoms with Crippen LogP contribution in [-0.4, -0.2) is 20.5 Å². The van der Waals surface area contributed by atoms with E-state index in [2.05, 4.69) is 26.0 Å². The normalized spacial score (nSPS) is 10.7. The number of rotatable bonds is 4. The Balaban J connectivity index is 2.66. The van der Waals surface area contributed by atoms with Gasteiger partial charge >= 0.3 is 0 Å². The molecule has 1 aromatic carbocycles. The molecule has 0 fully saturated rings. The van der Waals surface area contributed by atoms with E-state index in [0.29, 0.717) is 5.56 Å². The van der Waals surface area contributed by atoms with Crippen LogP contribution in [0.3, 0.4) is 0 Å². The Kier molecular flexibility index (Phi) is 4.14. The second-order valence-corrected chi connectivity index (χ2v) is 5.20. The molecule has 0 amide bonds. The standard InChI is InChI=1S/C14H16BrN3O/c1-4-13-16-14(5-2)18(17-13)12-8-10(15)6-7-11(12)9(3)19/h6-8H,4-5H2,1-3H3. The summed E-state index contributed by atoms with van der Waals surface area (Å²) in [7, 11) is 0. The van der Waals surface area contributed by atoms with Crippen molar-refractivity contribution in [1.82, 2.24) is 14.8 Å². The third-order valence-corrected chi connectivity index (χ3v) is 3.41. The number of nitrogens with zero attached hydrogens (tertiary/aromatic N) is 3.